The minimum atomic E-state index is -0.216. The fourth-order valence-electron chi connectivity index (χ4n) is 3.46. The zero-order valence-electron chi connectivity index (χ0n) is 17.3. The van der Waals surface area contributed by atoms with Crippen LogP contribution in [0.25, 0.3) is 0 Å². The van der Waals surface area contributed by atoms with E-state index in [-0.39, 0.29) is 23.5 Å². The average molecular weight is 418 g/mol. The highest BCUT2D eigenvalue weighted by Crippen LogP contribution is 2.27. The van der Waals surface area contributed by atoms with Gasteiger partial charge in [-0.2, -0.15) is 0 Å². The van der Waals surface area contributed by atoms with Gasteiger partial charge in [0.05, 0.1) is 6.26 Å². The van der Waals surface area contributed by atoms with Gasteiger partial charge in [0.25, 0.3) is 5.91 Å². The SMILES string of the molecule is O=C(NCCCN(C(=O)c1ccco1)c1ccc(Oc2ccccc2)cc1)C1CCC1. The number of ether oxygens (including phenoxy) is 1. The minimum absolute atomic E-state index is 0.123. The van der Waals surface area contributed by atoms with Gasteiger partial charge in [0.15, 0.2) is 5.76 Å². The van der Waals surface area contributed by atoms with Crippen molar-refractivity contribution in [2.45, 2.75) is 25.7 Å². The molecule has 6 heteroatoms. The Morgan fingerprint density at radius 1 is 0.968 bits per heavy atom. The molecule has 0 radical (unpaired) electrons. The predicted octanol–water partition coefficient (Wildman–Crippen LogP) is 5.03. The second-order valence-corrected chi connectivity index (χ2v) is 7.62. The average Bonchev–Trinajstić information content (AvgIpc) is 3.29. The Balaban J connectivity index is 1.40. The topological polar surface area (TPSA) is 71.8 Å². The van der Waals surface area contributed by atoms with Crippen LogP contribution in [0.3, 0.4) is 0 Å². The fourth-order valence-corrected chi connectivity index (χ4v) is 3.46. The third kappa shape index (κ3) is 5.34. The van der Waals surface area contributed by atoms with Crippen LogP contribution < -0.4 is 15.0 Å². The molecular weight excluding hydrogens is 392 g/mol. The summed E-state index contributed by atoms with van der Waals surface area (Å²) in [6.07, 6.45) is 5.22. The number of nitrogens with zero attached hydrogens (tertiary/aromatic N) is 1. The number of hydrogen-bond donors (Lipinski definition) is 1. The van der Waals surface area contributed by atoms with Crippen molar-refractivity contribution in [1.29, 1.82) is 0 Å². The molecule has 31 heavy (non-hydrogen) atoms. The van der Waals surface area contributed by atoms with E-state index < -0.39 is 0 Å². The lowest BCUT2D eigenvalue weighted by Gasteiger charge is -2.25. The van der Waals surface area contributed by atoms with Crippen molar-refractivity contribution in [1.82, 2.24) is 5.32 Å². The van der Waals surface area contributed by atoms with Crippen molar-refractivity contribution in [3.8, 4) is 11.5 Å². The number of benzene rings is 2. The minimum Gasteiger partial charge on any atom is -0.459 e. The largest absolute Gasteiger partial charge is 0.459 e. The third-order valence-electron chi connectivity index (χ3n) is 5.44. The molecule has 1 heterocycles. The summed E-state index contributed by atoms with van der Waals surface area (Å²) in [5.74, 6) is 1.79. The maximum Gasteiger partial charge on any atom is 0.293 e. The first-order valence-corrected chi connectivity index (χ1v) is 10.7. The molecule has 4 rings (SSSR count). The van der Waals surface area contributed by atoms with Gasteiger partial charge in [-0.1, -0.05) is 24.6 Å². The molecule has 3 aromatic rings. The summed E-state index contributed by atoms with van der Waals surface area (Å²) in [5.41, 5.74) is 0.743. The van der Waals surface area contributed by atoms with E-state index in [0.29, 0.717) is 25.3 Å². The Morgan fingerprint density at radius 2 is 1.71 bits per heavy atom. The van der Waals surface area contributed by atoms with Crippen LogP contribution in [-0.2, 0) is 4.79 Å². The number of anilines is 1. The summed E-state index contributed by atoms with van der Waals surface area (Å²) in [4.78, 5) is 26.7. The Hall–Kier alpha value is -3.54. The highest BCUT2D eigenvalue weighted by atomic mass is 16.5. The standard InChI is InChI=1S/C25H26N2O4/c28-24(19-7-4-8-19)26-16-6-17-27(25(29)23-11-5-18-30-23)20-12-14-22(15-13-20)31-21-9-2-1-3-10-21/h1-3,5,9-15,18-19H,4,6-8,16-17H2,(H,26,28). The normalized spacial score (nSPS) is 13.3. The van der Waals surface area contributed by atoms with E-state index in [0.717, 1.165) is 30.7 Å². The first kappa shape index (κ1) is 20.7. The van der Waals surface area contributed by atoms with Crippen LogP contribution in [0.4, 0.5) is 5.69 Å². The molecule has 0 bridgehead atoms. The van der Waals surface area contributed by atoms with Crippen LogP contribution in [0.15, 0.2) is 77.4 Å². The van der Waals surface area contributed by atoms with E-state index in [2.05, 4.69) is 5.32 Å². The molecule has 2 aromatic carbocycles. The van der Waals surface area contributed by atoms with E-state index in [1.54, 1.807) is 17.0 Å². The van der Waals surface area contributed by atoms with E-state index in [1.165, 1.54) is 6.26 Å². The molecular formula is C25H26N2O4. The predicted molar refractivity (Wildman–Crippen MR) is 118 cm³/mol. The van der Waals surface area contributed by atoms with E-state index in [9.17, 15) is 9.59 Å². The van der Waals surface area contributed by atoms with E-state index >= 15 is 0 Å². The molecule has 0 spiro atoms. The van der Waals surface area contributed by atoms with Crippen molar-refractivity contribution in [2.24, 2.45) is 5.92 Å². The molecule has 0 aliphatic heterocycles. The lowest BCUT2D eigenvalue weighted by atomic mass is 9.85. The maximum absolute atomic E-state index is 13.0. The van der Waals surface area contributed by atoms with Gasteiger partial charge in [-0.3, -0.25) is 9.59 Å². The molecule has 1 aromatic heterocycles. The molecule has 160 valence electrons. The van der Waals surface area contributed by atoms with Gasteiger partial charge in [0.1, 0.15) is 11.5 Å². The number of rotatable bonds is 9. The first-order valence-electron chi connectivity index (χ1n) is 10.7. The smallest absolute Gasteiger partial charge is 0.293 e. The summed E-state index contributed by atoms with van der Waals surface area (Å²) in [7, 11) is 0. The van der Waals surface area contributed by atoms with Gasteiger partial charge >= 0.3 is 0 Å². The molecule has 1 aliphatic carbocycles. The van der Waals surface area contributed by atoms with Gasteiger partial charge in [-0.15, -0.1) is 0 Å². The summed E-state index contributed by atoms with van der Waals surface area (Å²) < 4.78 is 11.2. The fraction of sp³-hybridized carbons (Fsp3) is 0.280. The Kier molecular flexibility index (Phi) is 6.67. The second kappa shape index (κ2) is 9.98. The summed E-state index contributed by atoms with van der Waals surface area (Å²) in [6.45, 7) is 0.996. The lowest BCUT2D eigenvalue weighted by Crippen LogP contribution is -2.37. The number of hydrogen-bond acceptors (Lipinski definition) is 4. The van der Waals surface area contributed by atoms with Crippen molar-refractivity contribution in [3.05, 3.63) is 78.8 Å². The van der Waals surface area contributed by atoms with E-state index in [4.69, 9.17) is 9.15 Å². The molecule has 1 N–H and O–H groups in total. The third-order valence-corrected chi connectivity index (χ3v) is 5.44. The van der Waals surface area contributed by atoms with Crippen molar-refractivity contribution in [2.75, 3.05) is 18.0 Å². The van der Waals surface area contributed by atoms with Crippen LogP contribution >= 0.6 is 0 Å². The summed E-state index contributed by atoms with van der Waals surface area (Å²) in [5, 5.41) is 2.98. The van der Waals surface area contributed by atoms with Crippen LogP contribution in [-0.4, -0.2) is 24.9 Å². The molecule has 2 amide bonds. The Morgan fingerprint density at radius 3 is 2.35 bits per heavy atom. The maximum atomic E-state index is 13.0. The van der Waals surface area contributed by atoms with Gasteiger partial charge < -0.3 is 19.4 Å². The molecule has 1 saturated carbocycles. The second-order valence-electron chi connectivity index (χ2n) is 7.62. The number of carbonyl (C=O) groups is 2. The van der Waals surface area contributed by atoms with Crippen LogP contribution in [0.2, 0.25) is 0 Å². The molecule has 0 atom stereocenters. The lowest BCUT2D eigenvalue weighted by molar-refractivity contribution is -0.127. The highest BCUT2D eigenvalue weighted by molar-refractivity contribution is 6.04. The number of nitrogens with one attached hydrogen (secondary N) is 1. The Bertz CT molecular complexity index is 980. The zero-order chi connectivity index (χ0) is 21.5. The zero-order valence-corrected chi connectivity index (χ0v) is 17.3. The summed E-state index contributed by atoms with van der Waals surface area (Å²) >= 11 is 0. The summed E-state index contributed by atoms with van der Waals surface area (Å²) in [6, 6.07) is 20.3. The van der Waals surface area contributed by atoms with Crippen LogP contribution in [0, 0.1) is 5.92 Å². The van der Waals surface area contributed by atoms with Gasteiger partial charge in [-0.05, 0) is 67.8 Å². The molecule has 0 unspecified atom stereocenters. The molecule has 6 nitrogen and oxygen atoms in total. The number of para-hydroxylation sites is 1. The van der Waals surface area contributed by atoms with Crippen LogP contribution in [0.1, 0.15) is 36.2 Å². The van der Waals surface area contributed by atoms with Crippen molar-refractivity contribution < 1.29 is 18.7 Å². The molecule has 1 aliphatic rings. The van der Waals surface area contributed by atoms with Crippen molar-refractivity contribution >= 4 is 17.5 Å². The number of furan rings is 1. The van der Waals surface area contributed by atoms with Crippen LogP contribution in [0.5, 0.6) is 11.5 Å². The first-order chi connectivity index (χ1) is 15.2. The number of amides is 2. The monoisotopic (exact) mass is 418 g/mol. The molecule has 0 saturated heterocycles. The quantitative estimate of drug-likeness (QED) is 0.495. The number of carbonyl (C=O) groups excluding carboxylic acids is 2. The molecule has 1 fully saturated rings. The Labute approximate surface area is 181 Å². The van der Waals surface area contributed by atoms with Crippen molar-refractivity contribution in [3.63, 3.8) is 0 Å². The van der Waals surface area contributed by atoms with E-state index in [1.807, 2.05) is 54.6 Å². The van der Waals surface area contributed by atoms with Gasteiger partial charge in [0.2, 0.25) is 5.91 Å². The highest BCUT2D eigenvalue weighted by Gasteiger charge is 2.25. The van der Waals surface area contributed by atoms with Gasteiger partial charge in [0, 0.05) is 24.7 Å². The van der Waals surface area contributed by atoms with Gasteiger partial charge in [-0.25, -0.2) is 0 Å².